The van der Waals surface area contributed by atoms with E-state index in [9.17, 15) is 0 Å². The summed E-state index contributed by atoms with van der Waals surface area (Å²) in [5.41, 5.74) is 7.94. The van der Waals surface area contributed by atoms with E-state index in [-0.39, 0.29) is 0 Å². The molecule has 0 bridgehead atoms. The molecule has 4 nitrogen and oxygen atoms in total. The van der Waals surface area contributed by atoms with Crippen molar-refractivity contribution in [3.63, 3.8) is 0 Å². The van der Waals surface area contributed by atoms with Crippen LogP contribution in [-0.4, -0.2) is 16.4 Å². The Morgan fingerprint density at radius 2 is 2.00 bits per heavy atom. The van der Waals surface area contributed by atoms with E-state index in [1.54, 1.807) is 0 Å². The highest BCUT2D eigenvalue weighted by Gasteiger charge is 2.21. The number of carbonyl (C=O) groups is 1. The molecule has 0 aliphatic heterocycles. The second kappa shape index (κ2) is 5.24. The number of nitrogen functional groups attached to an aromatic ring is 1. The van der Waals surface area contributed by atoms with Gasteiger partial charge < -0.3 is 15.9 Å². The second-order valence-corrected chi connectivity index (χ2v) is 3.68. The van der Waals surface area contributed by atoms with Gasteiger partial charge in [0.25, 0.3) is 0 Å². The minimum Gasteiger partial charge on any atom is -0.450 e. The fraction of sp³-hybridized carbons (Fsp3) is 0.364. The molecule has 4 N–H and O–H groups in total. The fourth-order valence-electron chi connectivity index (χ4n) is 1.38. The maximum atomic E-state index is 8.56. The van der Waals surface area contributed by atoms with Gasteiger partial charge in [-0.2, -0.15) is 0 Å². The van der Waals surface area contributed by atoms with Crippen LogP contribution in [-0.2, 0) is 6.42 Å². The van der Waals surface area contributed by atoms with Crippen molar-refractivity contribution < 1.29 is 15.0 Å². The minimum atomic E-state index is -1.83. The lowest BCUT2D eigenvalue weighted by molar-refractivity contribution is 0.137. The summed E-state index contributed by atoms with van der Waals surface area (Å²) in [6.45, 7) is 0. The maximum absolute atomic E-state index is 8.56. The van der Waals surface area contributed by atoms with E-state index in [4.69, 9.17) is 20.7 Å². The summed E-state index contributed by atoms with van der Waals surface area (Å²) in [5, 5.41) is 13.9. The summed E-state index contributed by atoms with van der Waals surface area (Å²) >= 11 is 0. The fourth-order valence-corrected chi connectivity index (χ4v) is 1.38. The van der Waals surface area contributed by atoms with Gasteiger partial charge in [0, 0.05) is 5.69 Å². The van der Waals surface area contributed by atoms with Crippen molar-refractivity contribution in [2.45, 2.75) is 19.3 Å². The van der Waals surface area contributed by atoms with Gasteiger partial charge in [-0.25, -0.2) is 4.79 Å². The van der Waals surface area contributed by atoms with Crippen LogP contribution in [0.15, 0.2) is 24.3 Å². The molecular formula is C11H15NO3. The number of hydrogen-bond donors (Lipinski definition) is 3. The minimum absolute atomic E-state index is 0.892. The van der Waals surface area contributed by atoms with E-state index in [0.717, 1.165) is 11.6 Å². The standard InChI is InChI=1S/C10H13N.CH2O3/c11-10-3-1-2-9(7-10)6-8-4-5-8;2-1(3)4/h1-3,7-8H,4-6,11H2;(H2,2,3,4). The van der Waals surface area contributed by atoms with Gasteiger partial charge in [-0.3, -0.25) is 0 Å². The zero-order valence-corrected chi connectivity index (χ0v) is 8.39. The van der Waals surface area contributed by atoms with Crippen molar-refractivity contribution in [2.24, 2.45) is 5.92 Å². The molecule has 0 aromatic heterocycles. The van der Waals surface area contributed by atoms with E-state index >= 15 is 0 Å². The molecule has 0 unspecified atom stereocenters. The van der Waals surface area contributed by atoms with Crippen molar-refractivity contribution in [3.05, 3.63) is 29.8 Å². The Bertz CT molecular complexity index is 330. The van der Waals surface area contributed by atoms with E-state index in [0.29, 0.717) is 0 Å². The van der Waals surface area contributed by atoms with Crippen LogP contribution >= 0.6 is 0 Å². The Labute approximate surface area is 88.3 Å². The van der Waals surface area contributed by atoms with Gasteiger partial charge in [0.05, 0.1) is 0 Å². The van der Waals surface area contributed by atoms with Gasteiger partial charge in [-0.15, -0.1) is 0 Å². The van der Waals surface area contributed by atoms with Crippen molar-refractivity contribution >= 4 is 11.8 Å². The molecule has 0 heterocycles. The molecule has 82 valence electrons. The first kappa shape index (κ1) is 11.4. The molecule has 0 radical (unpaired) electrons. The Kier molecular flexibility index (Phi) is 3.97. The molecule has 0 amide bonds. The Morgan fingerprint density at radius 3 is 2.47 bits per heavy atom. The molecule has 1 aromatic carbocycles. The van der Waals surface area contributed by atoms with Gasteiger partial charge in [0.15, 0.2) is 0 Å². The highest BCUT2D eigenvalue weighted by Crippen LogP contribution is 2.32. The summed E-state index contributed by atoms with van der Waals surface area (Å²) < 4.78 is 0. The number of rotatable bonds is 2. The Hall–Kier alpha value is -1.71. The molecule has 1 fully saturated rings. The van der Waals surface area contributed by atoms with E-state index in [1.165, 1.54) is 24.8 Å². The quantitative estimate of drug-likeness (QED) is 0.653. The molecule has 4 heteroatoms. The first-order chi connectivity index (χ1) is 7.08. The predicted octanol–water partition coefficient (Wildman–Crippen LogP) is 2.44. The number of carboxylic acid groups (broad SMARTS) is 2. The van der Waals surface area contributed by atoms with Gasteiger partial charge in [0.1, 0.15) is 0 Å². The number of benzene rings is 1. The molecule has 0 atom stereocenters. The predicted molar refractivity (Wildman–Crippen MR) is 57.9 cm³/mol. The van der Waals surface area contributed by atoms with E-state index in [2.05, 4.69) is 12.1 Å². The van der Waals surface area contributed by atoms with Crippen LogP contribution in [0.3, 0.4) is 0 Å². The third kappa shape index (κ3) is 5.57. The van der Waals surface area contributed by atoms with Gasteiger partial charge in [-0.1, -0.05) is 12.1 Å². The molecule has 1 aromatic rings. The van der Waals surface area contributed by atoms with Crippen molar-refractivity contribution in [3.8, 4) is 0 Å². The van der Waals surface area contributed by atoms with E-state index in [1.807, 2.05) is 12.1 Å². The number of hydrogen-bond acceptors (Lipinski definition) is 2. The first-order valence-electron chi connectivity index (χ1n) is 4.84. The van der Waals surface area contributed by atoms with Crippen LogP contribution in [0.5, 0.6) is 0 Å². The molecule has 0 saturated heterocycles. The molecule has 1 saturated carbocycles. The van der Waals surface area contributed by atoms with Gasteiger partial charge in [-0.05, 0) is 42.9 Å². The third-order valence-corrected chi connectivity index (χ3v) is 2.17. The molecule has 1 aliphatic carbocycles. The van der Waals surface area contributed by atoms with Crippen LogP contribution in [0.2, 0.25) is 0 Å². The summed E-state index contributed by atoms with van der Waals surface area (Å²) in [5.74, 6) is 0.955. The lowest BCUT2D eigenvalue weighted by atomic mass is 10.1. The molecule has 0 spiro atoms. The smallest absolute Gasteiger partial charge is 0.450 e. The first-order valence-corrected chi connectivity index (χ1v) is 4.84. The summed E-state index contributed by atoms with van der Waals surface area (Å²) in [7, 11) is 0. The van der Waals surface area contributed by atoms with Crippen LogP contribution in [0.4, 0.5) is 10.5 Å². The van der Waals surface area contributed by atoms with Crippen molar-refractivity contribution in [2.75, 3.05) is 5.73 Å². The van der Waals surface area contributed by atoms with Gasteiger partial charge >= 0.3 is 6.16 Å². The zero-order valence-electron chi connectivity index (χ0n) is 8.39. The van der Waals surface area contributed by atoms with Crippen LogP contribution in [0.1, 0.15) is 18.4 Å². The number of anilines is 1. The van der Waals surface area contributed by atoms with Gasteiger partial charge in [0.2, 0.25) is 0 Å². The van der Waals surface area contributed by atoms with Crippen molar-refractivity contribution in [1.29, 1.82) is 0 Å². The molecule has 2 rings (SSSR count). The zero-order chi connectivity index (χ0) is 11.3. The summed E-state index contributed by atoms with van der Waals surface area (Å²) in [6, 6.07) is 8.22. The molecule has 1 aliphatic rings. The number of nitrogens with two attached hydrogens (primary N) is 1. The van der Waals surface area contributed by atoms with Crippen LogP contribution in [0, 0.1) is 5.92 Å². The highest BCUT2D eigenvalue weighted by molar-refractivity contribution is 5.53. The van der Waals surface area contributed by atoms with Crippen LogP contribution < -0.4 is 5.73 Å². The third-order valence-electron chi connectivity index (χ3n) is 2.17. The highest BCUT2D eigenvalue weighted by atomic mass is 16.6. The normalized spacial score (nSPS) is 13.9. The molecular weight excluding hydrogens is 194 g/mol. The SMILES string of the molecule is Nc1cccc(CC2CC2)c1.O=C(O)O. The van der Waals surface area contributed by atoms with Crippen molar-refractivity contribution in [1.82, 2.24) is 0 Å². The average Bonchev–Trinajstić information content (AvgIpc) is 2.87. The Morgan fingerprint density at radius 1 is 1.40 bits per heavy atom. The monoisotopic (exact) mass is 209 g/mol. The van der Waals surface area contributed by atoms with E-state index < -0.39 is 6.16 Å². The summed E-state index contributed by atoms with van der Waals surface area (Å²) in [4.78, 5) is 8.56. The largest absolute Gasteiger partial charge is 0.503 e. The summed E-state index contributed by atoms with van der Waals surface area (Å²) in [6.07, 6.45) is 2.22. The Balaban J connectivity index is 0.000000245. The topological polar surface area (TPSA) is 83.6 Å². The lowest BCUT2D eigenvalue weighted by Gasteiger charge is -1.99. The second-order valence-electron chi connectivity index (χ2n) is 3.68. The molecule has 15 heavy (non-hydrogen) atoms. The lowest BCUT2D eigenvalue weighted by Crippen LogP contribution is -1.89. The average molecular weight is 209 g/mol. The van der Waals surface area contributed by atoms with Crippen LogP contribution in [0.25, 0.3) is 0 Å². The maximum Gasteiger partial charge on any atom is 0.503 e.